The normalized spacial score (nSPS) is 13.4. The number of hydrogen-bond acceptors (Lipinski definition) is 2. The smallest absolute Gasteiger partial charge is 0.0572 e. The molecule has 1 N–H and O–H groups in total. The summed E-state index contributed by atoms with van der Waals surface area (Å²) in [6, 6.07) is 0. The van der Waals surface area contributed by atoms with Crippen molar-refractivity contribution in [3.05, 3.63) is 0 Å². The molecule has 0 aliphatic heterocycles. The summed E-state index contributed by atoms with van der Waals surface area (Å²) in [5.41, 5.74) is 0. The SMILES string of the molecule is CCO[C@@H](CC)CCCCO. The standard InChI is InChI=1S/C9H20O2/c1-3-9(11-4-2)7-5-6-8-10/h9-10H,3-8H2,1-2H3/t9-/m0/s1. The van der Waals surface area contributed by atoms with E-state index >= 15 is 0 Å². The molecule has 0 aromatic carbocycles. The lowest BCUT2D eigenvalue weighted by Crippen LogP contribution is -2.11. The van der Waals surface area contributed by atoms with E-state index in [-0.39, 0.29) is 0 Å². The summed E-state index contributed by atoms with van der Waals surface area (Å²) in [6.07, 6.45) is 4.56. The van der Waals surface area contributed by atoms with Crippen LogP contribution in [0.5, 0.6) is 0 Å². The molecule has 0 fully saturated rings. The molecule has 11 heavy (non-hydrogen) atoms. The highest BCUT2D eigenvalue weighted by atomic mass is 16.5. The molecule has 68 valence electrons. The van der Waals surface area contributed by atoms with Crippen molar-refractivity contribution in [2.24, 2.45) is 0 Å². The van der Waals surface area contributed by atoms with Crippen LogP contribution in [0.2, 0.25) is 0 Å². The monoisotopic (exact) mass is 160 g/mol. The molecule has 0 spiro atoms. The van der Waals surface area contributed by atoms with Gasteiger partial charge in [0.2, 0.25) is 0 Å². The van der Waals surface area contributed by atoms with E-state index in [0.29, 0.717) is 12.7 Å². The Morgan fingerprint density at radius 1 is 1.27 bits per heavy atom. The van der Waals surface area contributed by atoms with E-state index < -0.39 is 0 Å². The van der Waals surface area contributed by atoms with E-state index in [4.69, 9.17) is 9.84 Å². The van der Waals surface area contributed by atoms with Gasteiger partial charge in [0.25, 0.3) is 0 Å². The number of unbranched alkanes of at least 4 members (excludes halogenated alkanes) is 1. The third-order valence-electron chi connectivity index (χ3n) is 1.79. The summed E-state index contributed by atoms with van der Waals surface area (Å²) in [6.45, 7) is 5.27. The Hall–Kier alpha value is -0.0800. The molecule has 2 nitrogen and oxygen atoms in total. The van der Waals surface area contributed by atoms with Crippen LogP contribution in [0.1, 0.15) is 39.5 Å². The van der Waals surface area contributed by atoms with Gasteiger partial charge in [0.05, 0.1) is 6.10 Å². The number of hydrogen-bond donors (Lipinski definition) is 1. The molecule has 0 aliphatic rings. The average molecular weight is 160 g/mol. The second-order valence-electron chi connectivity index (χ2n) is 2.70. The minimum Gasteiger partial charge on any atom is -0.396 e. The zero-order valence-corrected chi connectivity index (χ0v) is 7.68. The number of aliphatic hydroxyl groups is 1. The Morgan fingerprint density at radius 2 is 2.00 bits per heavy atom. The van der Waals surface area contributed by atoms with Crippen molar-refractivity contribution < 1.29 is 9.84 Å². The van der Waals surface area contributed by atoms with Crippen molar-refractivity contribution >= 4 is 0 Å². The lowest BCUT2D eigenvalue weighted by atomic mass is 10.1. The second kappa shape index (κ2) is 8.02. The van der Waals surface area contributed by atoms with Gasteiger partial charge < -0.3 is 9.84 Å². The van der Waals surface area contributed by atoms with Crippen molar-refractivity contribution in [2.45, 2.75) is 45.6 Å². The van der Waals surface area contributed by atoms with Gasteiger partial charge in [0, 0.05) is 13.2 Å². The third kappa shape index (κ3) is 6.32. The lowest BCUT2D eigenvalue weighted by Gasteiger charge is -2.13. The van der Waals surface area contributed by atoms with Crippen LogP contribution in [0.4, 0.5) is 0 Å². The van der Waals surface area contributed by atoms with Gasteiger partial charge in [-0.2, -0.15) is 0 Å². The second-order valence-corrected chi connectivity index (χ2v) is 2.70. The molecule has 1 atom stereocenters. The topological polar surface area (TPSA) is 29.5 Å². The molecule has 0 saturated carbocycles. The van der Waals surface area contributed by atoms with E-state index in [1.807, 2.05) is 6.92 Å². The molecule has 0 saturated heterocycles. The van der Waals surface area contributed by atoms with Gasteiger partial charge >= 0.3 is 0 Å². The minimum atomic E-state index is 0.308. The third-order valence-corrected chi connectivity index (χ3v) is 1.79. The predicted octanol–water partition coefficient (Wildman–Crippen LogP) is 1.96. The largest absolute Gasteiger partial charge is 0.396 e. The fraction of sp³-hybridized carbons (Fsp3) is 1.00. The molecule has 0 bridgehead atoms. The Morgan fingerprint density at radius 3 is 2.45 bits per heavy atom. The van der Waals surface area contributed by atoms with Crippen molar-refractivity contribution in [2.75, 3.05) is 13.2 Å². The summed E-state index contributed by atoms with van der Waals surface area (Å²) >= 11 is 0. The highest BCUT2D eigenvalue weighted by molar-refractivity contribution is 4.54. The predicted molar refractivity (Wildman–Crippen MR) is 46.6 cm³/mol. The van der Waals surface area contributed by atoms with Gasteiger partial charge in [-0.05, 0) is 32.6 Å². The quantitative estimate of drug-likeness (QED) is 0.577. The number of aliphatic hydroxyl groups excluding tert-OH is 1. The Labute approximate surface area is 69.6 Å². The van der Waals surface area contributed by atoms with Crippen LogP contribution in [-0.4, -0.2) is 24.4 Å². The molecule has 0 heterocycles. The molecular weight excluding hydrogens is 140 g/mol. The Balaban J connectivity index is 3.20. The minimum absolute atomic E-state index is 0.308. The van der Waals surface area contributed by atoms with E-state index in [1.54, 1.807) is 0 Å². The fourth-order valence-electron chi connectivity index (χ4n) is 1.12. The first-order valence-corrected chi connectivity index (χ1v) is 4.57. The molecular formula is C9H20O2. The van der Waals surface area contributed by atoms with Crippen LogP contribution in [-0.2, 0) is 4.74 Å². The Kier molecular flexibility index (Phi) is 7.96. The molecule has 0 aromatic heterocycles. The number of rotatable bonds is 7. The zero-order valence-electron chi connectivity index (χ0n) is 7.68. The van der Waals surface area contributed by atoms with E-state index in [9.17, 15) is 0 Å². The number of ether oxygens (including phenoxy) is 1. The first kappa shape index (κ1) is 10.9. The summed E-state index contributed by atoms with van der Waals surface area (Å²) in [7, 11) is 0. The highest BCUT2D eigenvalue weighted by Gasteiger charge is 2.03. The molecule has 0 amide bonds. The van der Waals surface area contributed by atoms with Crippen LogP contribution in [0.3, 0.4) is 0 Å². The van der Waals surface area contributed by atoms with Crippen molar-refractivity contribution in [3.63, 3.8) is 0 Å². The maximum absolute atomic E-state index is 8.54. The van der Waals surface area contributed by atoms with Gasteiger partial charge in [0.1, 0.15) is 0 Å². The summed E-state index contributed by atoms with van der Waals surface area (Å²) in [4.78, 5) is 0. The molecule has 0 rings (SSSR count). The maximum atomic E-state index is 8.54. The molecule has 2 heteroatoms. The van der Waals surface area contributed by atoms with Gasteiger partial charge in [-0.15, -0.1) is 0 Å². The van der Waals surface area contributed by atoms with Crippen molar-refractivity contribution in [1.82, 2.24) is 0 Å². The highest BCUT2D eigenvalue weighted by Crippen LogP contribution is 2.07. The average Bonchev–Trinajstić information content (AvgIpc) is 2.03. The van der Waals surface area contributed by atoms with Gasteiger partial charge in [0.15, 0.2) is 0 Å². The first-order chi connectivity index (χ1) is 5.35. The molecule has 0 radical (unpaired) electrons. The summed E-state index contributed by atoms with van der Waals surface area (Å²) in [5, 5.41) is 8.54. The lowest BCUT2D eigenvalue weighted by molar-refractivity contribution is 0.0515. The zero-order chi connectivity index (χ0) is 8.53. The molecule has 0 unspecified atom stereocenters. The summed E-state index contributed by atoms with van der Waals surface area (Å²) in [5.74, 6) is 0. The molecule has 0 aromatic rings. The molecule has 0 aliphatic carbocycles. The van der Waals surface area contributed by atoms with Gasteiger partial charge in [-0.3, -0.25) is 0 Å². The van der Waals surface area contributed by atoms with Gasteiger partial charge in [-0.25, -0.2) is 0 Å². The van der Waals surface area contributed by atoms with Crippen LogP contribution in [0.15, 0.2) is 0 Å². The van der Waals surface area contributed by atoms with E-state index in [0.717, 1.165) is 32.3 Å². The summed E-state index contributed by atoms with van der Waals surface area (Å²) < 4.78 is 5.46. The van der Waals surface area contributed by atoms with Crippen molar-refractivity contribution in [1.29, 1.82) is 0 Å². The van der Waals surface area contributed by atoms with Crippen molar-refractivity contribution in [3.8, 4) is 0 Å². The maximum Gasteiger partial charge on any atom is 0.0572 e. The van der Waals surface area contributed by atoms with Gasteiger partial charge in [-0.1, -0.05) is 6.92 Å². The first-order valence-electron chi connectivity index (χ1n) is 4.57. The van der Waals surface area contributed by atoms with Crippen LogP contribution in [0, 0.1) is 0 Å². The Bertz CT molecular complexity index is 74.0. The van der Waals surface area contributed by atoms with Crippen LogP contribution < -0.4 is 0 Å². The van der Waals surface area contributed by atoms with E-state index in [2.05, 4.69) is 6.92 Å². The van der Waals surface area contributed by atoms with Crippen LogP contribution in [0.25, 0.3) is 0 Å². The van der Waals surface area contributed by atoms with E-state index in [1.165, 1.54) is 0 Å². The van der Waals surface area contributed by atoms with Crippen LogP contribution >= 0.6 is 0 Å². The fourth-order valence-corrected chi connectivity index (χ4v) is 1.12.